The van der Waals surface area contributed by atoms with E-state index in [1.807, 2.05) is 0 Å². The normalized spacial score (nSPS) is 20.5. The molecule has 0 unspecified atom stereocenters. The van der Waals surface area contributed by atoms with E-state index < -0.39 is 21.5 Å². The second kappa shape index (κ2) is 9.39. The molecule has 1 aromatic carbocycles. The lowest BCUT2D eigenvalue weighted by molar-refractivity contribution is -0.119. The van der Waals surface area contributed by atoms with Crippen molar-refractivity contribution in [3.8, 4) is 0 Å². The minimum Gasteiger partial charge on any atom is -0.352 e. The molecule has 7 heteroatoms. The molecule has 3 rings (SSSR count). The first kappa shape index (κ1) is 20.6. The average Bonchev–Trinajstić information content (AvgIpc) is 2.64. The molecule has 1 saturated carbocycles. The third-order valence-corrected chi connectivity index (χ3v) is 7.57. The number of carbonyl (C=O) groups is 1. The summed E-state index contributed by atoms with van der Waals surface area (Å²) in [7, 11) is -3.64. The quantitative estimate of drug-likeness (QED) is 0.778. The summed E-state index contributed by atoms with van der Waals surface area (Å²) >= 11 is 5.79. The van der Waals surface area contributed by atoms with Crippen LogP contribution in [0.25, 0.3) is 0 Å². The molecule has 27 heavy (non-hydrogen) atoms. The Hall–Kier alpha value is -1.11. The van der Waals surface area contributed by atoms with Crippen LogP contribution >= 0.6 is 11.6 Å². The summed E-state index contributed by atoms with van der Waals surface area (Å²) in [6, 6.07) is 5.99. The first-order valence-electron chi connectivity index (χ1n) is 9.92. The number of benzene rings is 1. The SMILES string of the molecule is O=C(CS(=O)(=O)c1ccc(Cl)cc1)NC1CCN(CC2CCCCC2)CC1. The van der Waals surface area contributed by atoms with Gasteiger partial charge in [-0.2, -0.15) is 0 Å². The number of amides is 1. The molecule has 1 aliphatic carbocycles. The molecule has 2 fully saturated rings. The fourth-order valence-corrected chi connectivity index (χ4v) is 5.43. The number of sulfone groups is 1. The van der Waals surface area contributed by atoms with Crippen LogP contribution in [-0.2, 0) is 14.6 Å². The highest BCUT2D eigenvalue weighted by atomic mass is 35.5. The van der Waals surface area contributed by atoms with Crippen LogP contribution in [0.15, 0.2) is 29.2 Å². The van der Waals surface area contributed by atoms with Crippen LogP contribution in [-0.4, -0.2) is 50.7 Å². The average molecular weight is 413 g/mol. The highest BCUT2D eigenvalue weighted by molar-refractivity contribution is 7.92. The zero-order valence-electron chi connectivity index (χ0n) is 15.7. The molecule has 1 aromatic rings. The van der Waals surface area contributed by atoms with Crippen molar-refractivity contribution in [1.82, 2.24) is 10.2 Å². The van der Waals surface area contributed by atoms with Gasteiger partial charge in [0.05, 0.1) is 4.90 Å². The maximum absolute atomic E-state index is 12.4. The molecule has 1 saturated heterocycles. The minimum atomic E-state index is -3.64. The van der Waals surface area contributed by atoms with Crippen molar-refractivity contribution in [3.63, 3.8) is 0 Å². The molecule has 1 aliphatic heterocycles. The Bertz CT molecular complexity index is 722. The molecular formula is C20H29ClN2O3S. The third kappa shape index (κ3) is 6.19. The first-order valence-corrected chi connectivity index (χ1v) is 12.0. The number of carbonyl (C=O) groups excluding carboxylic acids is 1. The number of likely N-dealkylation sites (tertiary alicyclic amines) is 1. The lowest BCUT2D eigenvalue weighted by Crippen LogP contribution is -2.47. The van der Waals surface area contributed by atoms with Crippen LogP contribution in [0.5, 0.6) is 0 Å². The molecule has 0 radical (unpaired) electrons. The van der Waals surface area contributed by atoms with Crippen molar-refractivity contribution >= 4 is 27.3 Å². The zero-order chi connectivity index (χ0) is 19.3. The summed E-state index contributed by atoms with van der Waals surface area (Å²) in [6.45, 7) is 3.13. The van der Waals surface area contributed by atoms with E-state index in [1.54, 1.807) is 0 Å². The molecule has 0 atom stereocenters. The molecule has 1 N–H and O–H groups in total. The van der Waals surface area contributed by atoms with Crippen molar-refractivity contribution in [3.05, 3.63) is 29.3 Å². The van der Waals surface area contributed by atoms with Gasteiger partial charge in [-0.05, 0) is 55.9 Å². The summed E-state index contributed by atoms with van der Waals surface area (Å²) in [4.78, 5) is 14.9. The number of rotatable bonds is 6. The topological polar surface area (TPSA) is 66.5 Å². The Morgan fingerprint density at radius 2 is 1.67 bits per heavy atom. The number of nitrogens with zero attached hydrogens (tertiary/aromatic N) is 1. The smallest absolute Gasteiger partial charge is 0.235 e. The Morgan fingerprint density at radius 1 is 1.04 bits per heavy atom. The van der Waals surface area contributed by atoms with Crippen LogP contribution in [0.3, 0.4) is 0 Å². The fraction of sp³-hybridized carbons (Fsp3) is 0.650. The van der Waals surface area contributed by atoms with E-state index in [4.69, 9.17) is 11.6 Å². The predicted octanol–water partition coefficient (Wildman–Crippen LogP) is 3.27. The number of hydrogen-bond acceptors (Lipinski definition) is 4. The van der Waals surface area contributed by atoms with Crippen LogP contribution < -0.4 is 5.32 Å². The molecular weight excluding hydrogens is 384 g/mol. The van der Waals surface area contributed by atoms with Gasteiger partial charge in [-0.1, -0.05) is 30.9 Å². The van der Waals surface area contributed by atoms with Crippen molar-refractivity contribution in [2.75, 3.05) is 25.4 Å². The van der Waals surface area contributed by atoms with Gasteiger partial charge >= 0.3 is 0 Å². The molecule has 0 bridgehead atoms. The largest absolute Gasteiger partial charge is 0.352 e. The molecule has 5 nitrogen and oxygen atoms in total. The van der Waals surface area contributed by atoms with Gasteiger partial charge in [0.1, 0.15) is 5.75 Å². The van der Waals surface area contributed by atoms with E-state index in [0.717, 1.165) is 31.8 Å². The van der Waals surface area contributed by atoms with Crippen LogP contribution in [0.1, 0.15) is 44.9 Å². The Labute approximate surface area is 167 Å². The summed E-state index contributed by atoms with van der Waals surface area (Å²) in [5, 5.41) is 3.38. The fourth-order valence-electron chi connectivity index (χ4n) is 4.16. The molecule has 150 valence electrons. The predicted molar refractivity (Wildman–Crippen MR) is 108 cm³/mol. The summed E-state index contributed by atoms with van der Waals surface area (Å²) in [6.07, 6.45) is 8.57. The number of halogens is 1. The number of hydrogen-bond donors (Lipinski definition) is 1. The maximum atomic E-state index is 12.4. The van der Waals surface area contributed by atoms with Crippen LogP contribution in [0, 0.1) is 5.92 Å². The van der Waals surface area contributed by atoms with E-state index in [2.05, 4.69) is 10.2 Å². The minimum absolute atomic E-state index is 0.0699. The summed E-state index contributed by atoms with van der Waals surface area (Å²) < 4.78 is 24.7. The molecule has 0 spiro atoms. The second-order valence-electron chi connectivity index (χ2n) is 7.86. The first-order chi connectivity index (χ1) is 12.9. The third-order valence-electron chi connectivity index (χ3n) is 5.69. The summed E-state index contributed by atoms with van der Waals surface area (Å²) in [5.74, 6) is -0.109. The van der Waals surface area contributed by atoms with Crippen LogP contribution in [0.2, 0.25) is 5.02 Å². The van der Waals surface area contributed by atoms with Crippen LogP contribution in [0.4, 0.5) is 0 Å². The Morgan fingerprint density at radius 3 is 2.30 bits per heavy atom. The van der Waals surface area contributed by atoms with Gasteiger partial charge in [-0.25, -0.2) is 8.42 Å². The van der Waals surface area contributed by atoms with Crippen molar-refractivity contribution in [2.24, 2.45) is 5.92 Å². The highest BCUT2D eigenvalue weighted by Gasteiger charge is 2.25. The lowest BCUT2D eigenvalue weighted by atomic mass is 9.88. The van der Waals surface area contributed by atoms with Gasteiger partial charge in [0.25, 0.3) is 0 Å². The number of piperidine rings is 1. The Kier molecular flexibility index (Phi) is 7.17. The number of nitrogens with one attached hydrogen (secondary N) is 1. The van der Waals surface area contributed by atoms with E-state index >= 15 is 0 Å². The standard InChI is InChI=1S/C20H29ClN2O3S/c21-17-6-8-19(9-7-17)27(25,26)15-20(24)22-18-10-12-23(13-11-18)14-16-4-2-1-3-5-16/h6-9,16,18H,1-5,10-15H2,(H,22,24). The second-order valence-corrected chi connectivity index (χ2v) is 10.3. The van der Waals surface area contributed by atoms with E-state index in [0.29, 0.717) is 5.02 Å². The monoisotopic (exact) mass is 412 g/mol. The maximum Gasteiger partial charge on any atom is 0.235 e. The van der Waals surface area contributed by atoms with Gasteiger partial charge in [-0.15, -0.1) is 0 Å². The van der Waals surface area contributed by atoms with Gasteiger partial charge in [-0.3, -0.25) is 4.79 Å². The molecule has 1 amide bonds. The van der Waals surface area contributed by atoms with E-state index in [-0.39, 0.29) is 10.9 Å². The van der Waals surface area contributed by atoms with Gasteiger partial charge in [0.15, 0.2) is 9.84 Å². The lowest BCUT2D eigenvalue weighted by Gasteiger charge is -2.35. The van der Waals surface area contributed by atoms with Gasteiger partial charge in [0.2, 0.25) is 5.91 Å². The summed E-state index contributed by atoms with van der Waals surface area (Å²) in [5.41, 5.74) is 0. The molecule has 2 aliphatic rings. The highest BCUT2D eigenvalue weighted by Crippen LogP contribution is 2.25. The molecule has 1 heterocycles. The van der Waals surface area contributed by atoms with E-state index in [1.165, 1.54) is 62.9 Å². The van der Waals surface area contributed by atoms with E-state index in [9.17, 15) is 13.2 Å². The molecule has 0 aromatic heterocycles. The van der Waals surface area contributed by atoms with Crippen molar-refractivity contribution in [1.29, 1.82) is 0 Å². The van der Waals surface area contributed by atoms with Crippen molar-refractivity contribution in [2.45, 2.75) is 55.9 Å². The Balaban J connectivity index is 1.43. The van der Waals surface area contributed by atoms with Gasteiger partial charge < -0.3 is 10.2 Å². The zero-order valence-corrected chi connectivity index (χ0v) is 17.3. The van der Waals surface area contributed by atoms with Gasteiger partial charge in [0, 0.05) is 30.7 Å². The van der Waals surface area contributed by atoms with Crippen molar-refractivity contribution < 1.29 is 13.2 Å².